The van der Waals surface area contributed by atoms with Gasteiger partial charge in [-0.15, -0.1) is 0 Å². The van der Waals surface area contributed by atoms with Gasteiger partial charge < -0.3 is 10.6 Å². The summed E-state index contributed by atoms with van der Waals surface area (Å²) in [5.74, 6) is 0.534. The molecule has 2 N–H and O–H groups in total. The van der Waals surface area contributed by atoms with Crippen molar-refractivity contribution in [1.29, 1.82) is 0 Å². The van der Waals surface area contributed by atoms with E-state index in [1.807, 2.05) is 18.2 Å². The largest absolute Gasteiger partial charge is 0.352 e. The van der Waals surface area contributed by atoms with Crippen LogP contribution in [-0.4, -0.2) is 29.8 Å². The van der Waals surface area contributed by atoms with Gasteiger partial charge in [0, 0.05) is 25.0 Å². The standard InChI is InChI=1S/C25H32ClN3O2/c1-18-11-13-29(14-12-18)17-22-6-4-3-5-21(22)16-27-25(31)15-24(28-19(2)30)20-7-9-23(26)10-8-20/h3-10,18,24H,11-17H2,1-2H3,(H,27,31)(H,28,30). The minimum Gasteiger partial charge on any atom is -0.352 e. The van der Waals surface area contributed by atoms with E-state index in [1.165, 1.54) is 25.3 Å². The van der Waals surface area contributed by atoms with Crippen LogP contribution in [0.1, 0.15) is 55.8 Å². The third-order valence-corrected chi connectivity index (χ3v) is 6.16. The average molecular weight is 442 g/mol. The predicted molar refractivity (Wildman–Crippen MR) is 125 cm³/mol. The first kappa shape index (κ1) is 23.3. The second-order valence-corrected chi connectivity index (χ2v) is 8.95. The Labute approximate surface area is 190 Å². The van der Waals surface area contributed by atoms with E-state index in [0.29, 0.717) is 11.6 Å². The van der Waals surface area contributed by atoms with Crippen LogP contribution in [0, 0.1) is 5.92 Å². The lowest BCUT2D eigenvalue weighted by molar-refractivity contribution is -0.122. The number of halogens is 1. The fraction of sp³-hybridized carbons (Fsp3) is 0.440. The van der Waals surface area contributed by atoms with E-state index in [0.717, 1.165) is 36.7 Å². The van der Waals surface area contributed by atoms with Crippen LogP contribution in [0.25, 0.3) is 0 Å². The third-order valence-electron chi connectivity index (χ3n) is 5.90. The van der Waals surface area contributed by atoms with E-state index in [9.17, 15) is 9.59 Å². The van der Waals surface area contributed by atoms with Gasteiger partial charge in [-0.25, -0.2) is 0 Å². The monoisotopic (exact) mass is 441 g/mol. The molecule has 0 bridgehead atoms. The molecule has 1 atom stereocenters. The van der Waals surface area contributed by atoms with Gasteiger partial charge in [-0.3, -0.25) is 14.5 Å². The normalized spacial score (nSPS) is 16.0. The lowest BCUT2D eigenvalue weighted by atomic mass is 9.98. The fourth-order valence-corrected chi connectivity index (χ4v) is 4.12. The minimum absolute atomic E-state index is 0.102. The number of nitrogens with zero attached hydrogens (tertiary/aromatic N) is 1. The van der Waals surface area contributed by atoms with Crippen LogP contribution in [0.3, 0.4) is 0 Å². The van der Waals surface area contributed by atoms with Crippen molar-refractivity contribution in [1.82, 2.24) is 15.5 Å². The van der Waals surface area contributed by atoms with Crippen LogP contribution >= 0.6 is 11.6 Å². The number of hydrogen-bond donors (Lipinski definition) is 2. The maximum absolute atomic E-state index is 12.7. The van der Waals surface area contributed by atoms with Gasteiger partial charge in [0.25, 0.3) is 0 Å². The molecule has 166 valence electrons. The predicted octanol–water partition coefficient (Wildman–Crippen LogP) is 4.46. The highest BCUT2D eigenvalue weighted by molar-refractivity contribution is 6.30. The van der Waals surface area contributed by atoms with Crippen LogP contribution in [0.15, 0.2) is 48.5 Å². The van der Waals surface area contributed by atoms with E-state index in [2.05, 4.69) is 40.7 Å². The zero-order valence-corrected chi connectivity index (χ0v) is 19.1. The molecule has 1 aliphatic heterocycles. The molecule has 2 amide bonds. The summed E-state index contributed by atoms with van der Waals surface area (Å²) in [6.45, 7) is 7.42. The lowest BCUT2D eigenvalue weighted by Crippen LogP contribution is -2.34. The Kier molecular flexibility index (Phi) is 8.50. The molecule has 1 saturated heterocycles. The van der Waals surface area contributed by atoms with Gasteiger partial charge in [-0.05, 0) is 60.7 Å². The van der Waals surface area contributed by atoms with E-state index >= 15 is 0 Å². The molecule has 0 aliphatic carbocycles. The number of rotatable bonds is 8. The Bertz CT molecular complexity index is 877. The van der Waals surface area contributed by atoms with Crippen molar-refractivity contribution in [3.63, 3.8) is 0 Å². The van der Waals surface area contributed by atoms with Gasteiger partial charge in [0.15, 0.2) is 0 Å². The molecule has 0 saturated carbocycles. The fourth-order valence-electron chi connectivity index (χ4n) is 3.99. The van der Waals surface area contributed by atoms with Crippen molar-refractivity contribution in [3.05, 3.63) is 70.2 Å². The van der Waals surface area contributed by atoms with E-state index < -0.39 is 0 Å². The molecule has 5 nitrogen and oxygen atoms in total. The Morgan fingerprint density at radius 3 is 2.35 bits per heavy atom. The maximum Gasteiger partial charge on any atom is 0.222 e. The molecule has 2 aromatic carbocycles. The number of carbonyl (C=O) groups excluding carboxylic acids is 2. The Balaban J connectivity index is 1.59. The summed E-state index contributed by atoms with van der Waals surface area (Å²) in [5, 5.41) is 6.52. The summed E-state index contributed by atoms with van der Waals surface area (Å²) in [6.07, 6.45) is 2.66. The first-order valence-corrected chi connectivity index (χ1v) is 11.4. The molecule has 1 heterocycles. The molecular formula is C25H32ClN3O2. The quantitative estimate of drug-likeness (QED) is 0.636. The summed E-state index contributed by atoms with van der Waals surface area (Å²) >= 11 is 5.97. The third kappa shape index (κ3) is 7.37. The molecule has 6 heteroatoms. The molecule has 1 aliphatic rings. The summed E-state index contributed by atoms with van der Waals surface area (Å²) < 4.78 is 0. The molecule has 3 rings (SSSR count). The van der Waals surface area contributed by atoms with E-state index in [4.69, 9.17) is 11.6 Å². The van der Waals surface area contributed by atoms with Gasteiger partial charge in [-0.1, -0.05) is 54.9 Å². The topological polar surface area (TPSA) is 61.4 Å². The zero-order chi connectivity index (χ0) is 22.2. The summed E-state index contributed by atoms with van der Waals surface area (Å²) in [4.78, 5) is 26.8. The molecule has 0 aromatic heterocycles. The van der Waals surface area contributed by atoms with Crippen LogP contribution in [0.5, 0.6) is 0 Å². The number of carbonyl (C=O) groups is 2. The number of nitrogens with one attached hydrogen (secondary N) is 2. The van der Waals surface area contributed by atoms with Crippen molar-refractivity contribution in [2.45, 2.75) is 52.2 Å². The first-order valence-electron chi connectivity index (χ1n) is 11.0. The Morgan fingerprint density at radius 2 is 1.71 bits per heavy atom. The number of likely N-dealkylation sites (tertiary alicyclic amines) is 1. The molecule has 1 unspecified atom stereocenters. The van der Waals surface area contributed by atoms with Crippen LogP contribution in [0.2, 0.25) is 5.02 Å². The molecular weight excluding hydrogens is 410 g/mol. The summed E-state index contributed by atoms with van der Waals surface area (Å²) in [7, 11) is 0. The van der Waals surface area contributed by atoms with Crippen molar-refractivity contribution >= 4 is 23.4 Å². The Hall–Kier alpha value is -2.37. The number of piperidine rings is 1. The molecule has 31 heavy (non-hydrogen) atoms. The molecule has 0 spiro atoms. The van der Waals surface area contributed by atoms with Gasteiger partial charge in [0.1, 0.15) is 0 Å². The van der Waals surface area contributed by atoms with E-state index in [1.54, 1.807) is 12.1 Å². The van der Waals surface area contributed by atoms with Gasteiger partial charge in [0.2, 0.25) is 11.8 Å². The summed E-state index contributed by atoms with van der Waals surface area (Å²) in [6, 6.07) is 15.1. The highest BCUT2D eigenvalue weighted by Crippen LogP contribution is 2.21. The zero-order valence-electron chi connectivity index (χ0n) is 18.4. The van der Waals surface area contributed by atoms with Crippen molar-refractivity contribution in [2.24, 2.45) is 5.92 Å². The average Bonchev–Trinajstić information content (AvgIpc) is 2.74. The number of benzene rings is 2. The second kappa shape index (κ2) is 11.3. The van der Waals surface area contributed by atoms with Gasteiger partial charge >= 0.3 is 0 Å². The van der Waals surface area contributed by atoms with Crippen molar-refractivity contribution in [3.8, 4) is 0 Å². The second-order valence-electron chi connectivity index (χ2n) is 8.51. The van der Waals surface area contributed by atoms with Crippen molar-refractivity contribution < 1.29 is 9.59 Å². The van der Waals surface area contributed by atoms with Crippen LogP contribution in [-0.2, 0) is 22.7 Å². The first-order chi connectivity index (χ1) is 14.9. The number of amides is 2. The maximum atomic E-state index is 12.7. The molecule has 1 fully saturated rings. The van der Waals surface area contributed by atoms with Crippen LogP contribution < -0.4 is 10.6 Å². The number of hydrogen-bond acceptors (Lipinski definition) is 3. The Morgan fingerprint density at radius 1 is 1.06 bits per heavy atom. The summed E-state index contributed by atoms with van der Waals surface area (Å²) in [5.41, 5.74) is 3.25. The highest BCUT2D eigenvalue weighted by Gasteiger charge is 2.19. The van der Waals surface area contributed by atoms with E-state index in [-0.39, 0.29) is 24.3 Å². The molecule has 0 radical (unpaired) electrons. The van der Waals surface area contributed by atoms with Gasteiger partial charge in [-0.2, -0.15) is 0 Å². The lowest BCUT2D eigenvalue weighted by Gasteiger charge is -2.30. The smallest absolute Gasteiger partial charge is 0.222 e. The minimum atomic E-state index is -0.389. The van der Waals surface area contributed by atoms with Crippen LogP contribution in [0.4, 0.5) is 0 Å². The van der Waals surface area contributed by atoms with Crippen molar-refractivity contribution in [2.75, 3.05) is 13.1 Å². The highest BCUT2D eigenvalue weighted by atomic mass is 35.5. The SMILES string of the molecule is CC(=O)NC(CC(=O)NCc1ccccc1CN1CCC(C)CC1)c1ccc(Cl)cc1. The van der Waals surface area contributed by atoms with Gasteiger partial charge in [0.05, 0.1) is 12.5 Å². The molecule has 2 aromatic rings.